The van der Waals surface area contributed by atoms with Gasteiger partial charge in [0.2, 0.25) is 5.91 Å². The maximum absolute atomic E-state index is 11.8. The van der Waals surface area contributed by atoms with Gasteiger partial charge in [-0.3, -0.25) is 9.48 Å². The second kappa shape index (κ2) is 8.42. The van der Waals surface area contributed by atoms with Crippen molar-refractivity contribution in [2.24, 2.45) is 5.92 Å². The Hall–Kier alpha value is -1.87. The van der Waals surface area contributed by atoms with E-state index in [2.05, 4.69) is 16.5 Å². The summed E-state index contributed by atoms with van der Waals surface area (Å²) in [4.78, 5) is 11.8. The molecule has 21 heavy (non-hydrogen) atoms. The Morgan fingerprint density at radius 3 is 2.86 bits per heavy atom. The summed E-state index contributed by atoms with van der Waals surface area (Å²) >= 11 is 0. The van der Waals surface area contributed by atoms with Crippen molar-refractivity contribution >= 4 is 5.91 Å². The van der Waals surface area contributed by atoms with Gasteiger partial charge in [0.15, 0.2) is 0 Å². The third kappa shape index (κ3) is 5.20. The molecule has 0 saturated heterocycles. The van der Waals surface area contributed by atoms with Crippen LogP contribution in [-0.2, 0) is 17.8 Å². The lowest BCUT2D eigenvalue weighted by atomic mass is 10.1. The molecule has 0 aliphatic rings. The smallest absolute Gasteiger partial charge is 0.220 e. The maximum Gasteiger partial charge on any atom is 0.220 e. The minimum absolute atomic E-state index is 0.0149. The van der Waals surface area contributed by atoms with Crippen molar-refractivity contribution in [3.63, 3.8) is 0 Å². The molecule has 2 N–H and O–H groups in total. The van der Waals surface area contributed by atoms with Crippen LogP contribution in [0.1, 0.15) is 36.7 Å². The van der Waals surface area contributed by atoms with E-state index in [1.165, 1.54) is 0 Å². The molecule has 1 atom stereocenters. The molecule has 0 aromatic carbocycles. The Morgan fingerprint density at radius 2 is 2.24 bits per heavy atom. The highest BCUT2D eigenvalue weighted by atomic mass is 16.3. The first-order valence-electron chi connectivity index (χ1n) is 7.27. The van der Waals surface area contributed by atoms with E-state index in [4.69, 9.17) is 10.4 Å². The molecule has 0 radical (unpaired) electrons. The third-order valence-corrected chi connectivity index (χ3v) is 3.53. The largest absolute Gasteiger partial charge is 0.396 e. The Kier molecular flexibility index (Phi) is 6.89. The average Bonchev–Trinajstić information content (AvgIpc) is 2.74. The number of carbonyl (C=O) groups is 1. The first-order chi connectivity index (χ1) is 9.99. The molecule has 1 amide bonds. The summed E-state index contributed by atoms with van der Waals surface area (Å²) in [6, 6.07) is 2.11. The summed E-state index contributed by atoms with van der Waals surface area (Å²) in [6.45, 7) is 6.94. The highest BCUT2D eigenvalue weighted by molar-refractivity contribution is 5.76. The number of aromatic nitrogens is 2. The van der Waals surface area contributed by atoms with Crippen LogP contribution in [0.25, 0.3) is 0 Å². The normalized spacial score (nSPS) is 12.0. The predicted octanol–water partition coefficient (Wildman–Crippen LogP) is 1.09. The highest BCUT2D eigenvalue weighted by Crippen LogP contribution is 2.15. The number of amides is 1. The van der Waals surface area contributed by atoms with E-state index in [9.17, 15) is 4.79 Å². The molecule has 0 saturated carbocycles. The van der Waals surface area contributed by atoms with Crippen molar-refractivity contribution < 1.29 is 9.90 Å². The van der Waals surface area contributed by atoms with E-state index in [0.29, 0.717) is 32.4 Å². The predicted molar refractivity (Wildman–Crippen MR) is 79.5 cm³/mol. The molecule has 0 aliphatic heterocycles. The van der Waals surface area contributed by atoms with Crippen molar-refractivity contribution in [3.8, 4) is 6.07 Å². The molecule has 1 heterocycles. The van der Waals surface area contributed by atoms with Crippen LogP contribution in [0.15, 0.2) is 0 Å². The molecule has 1 rings (SSSR count). The van der Waals surface area contributed by atoms with Gasteiger partial charge in [0.25, 0.3) is 0 Å². The number of hydrogen-bond donors (Lipinski definition) is 2. The first kappa shape index (κ1) is 17.2. The SMILES string of the molecule is Cc1nn(CCC#N)c(C)c1CCC(=O)NCC(C)CO. The van der Waals surface area contributed by atoms with Crippen LogP contribution >= 0.6 is 0 Å². The van der Waals surface area contributed by atoms with Crippen LogP contribution in [0.5, 0.6) is 0 Å². The van der Waals surface area contributed by atoms with Crippen LogP contribution in [0.3, 0.4) is 0 Å². The molecular formula is C15H24N4O2. The number of rotatable bonds is 8. The minimum Gasteiger partial charge on any atom is -0.396 e. The molecule has 0 spiro atoms. The second-order valence-electron chi connectivity index (χ2n) is 5.37. The number of aryl methyl sites for hydroxylation is 2. The number of aliphatic hydroxyl groups is 1. The Bertz CT molecular complexity index is 516. The quantitative estimate of drug-likeness (QED) is 0.750. The number of nitriles is 1. The molecule has 0 aliphatic carbocycles. The third-order valence-electron chi connectivity index (χ3n) is 3.53. The number of aliphatic hydroxyl groups excluding tert-OH is 1. The summed E-state index contributed by atoms with van der Waals surface area (Å²) in [6.07, 6.45) is 1.48. The fourth-order valence-electron chi connectivity index (χ4n) is 2.15. The van der Waals surface area contributed by atoms with Gasteiger partial charge in [-0.15, -0.1) is 0 Å². The number of nitrogens with one attached hydrogen (secondary N) is 1. The van der Waals surface area contributed by atoms with Crippen molar-refractivity contribution in [1.29, 1.82) is 5.26 Å². The zero-order chi connectivity index (χ0) is 15.8. The first-order valence-corrected chi connectivity index (χ1v) is 7.27. The van der Waals surface area contributed by atoms with Gasteiger partial charge in [-0.25, -0.2) is 0 Å². The lowest BCUT2D eigenvalue weighted by Gasteiger charge is -2.09. The summed E-state index contributed by atoms with van der Waals surface area (Å²) in [5.41, 5.74) is 3.03. The molecule has 0 fully saturated rings. The molecule has 1 aromatic rings. The zero-order valence-electron chi connectivity index (χ0n) is 13.0. The van der Waals surface area contributed by atoms with E-state index < -0.39 is 0 Å². The van der Waals surface area contributed by atoms with Crippen molar-refractivity contribution in [1.82, 2.24) is 15.1 Å². The van der Waals surface area contributed by atoms with Crippen LogP contribution < -0.4 is 5.32 Å². The number of nitrogens with zero attached hydrogens (tertiary/aromatic N) is 3. The monoisotopic (exact) mass is 292 g/mol. The molecule has 1 unspecified atom stereocenters. The van der Waals surface area contributed by atoms with Gasteiger partial charge >= 0.3 is 0 Å². The Balaban J connectivity index is 2.53. The molecule has 0 bridgehead atoms. The van der Waals surface area contributed by atoms with Gasteiger partial charge in [-0.05, 0) is 31.7 Å². The minimum atomic E-state index is -0.0149. The molecule has 116 valence electrons. The van der Waals surface area contributed by atoms with Gasteiger partial charge in [-0.2, -0.15) is 10.4 Å². The maximum atomic E-state index is 11.8. The summed E-state index contributed by atoms with van der Waals surface area (Å²) in [5, 5.41) is 24.8. The standard InChI is InChI=1S/C15H24N4O2/c1-11(10-20)9-17-15(21)6-5-14-12(2)18-19(13(14)3)8-4-7-16/h11,20H,4-6,8-10H2,1-3H3,(H,17,21). The summed E-state index contributed by atoms with van der Waals surface area (Å²) in [7, 11) is 0. The van der Waals surface area contributed by atoms with E-state index in [1.807, 2.05) is 25.5 Å². The lowest BCUT2D eigenvalue weighted by Crippen LogP contribution is -2.29. The molecule has 6 heteroatoms. The van der Waals surface area contributed by atoms with Crippen LogP contribution in [0.2, 0.25) is 0 Å². The van der Waals surface area contributed by atoms with Crippen molar-refractivity contribution in [2.75, 3.05) is 13.2 Å². The molecular weight excluding hydrogens is 268 g/mol. The van der Waals surface area contributed by atoms with E-state index in [-0.39, 0.29) is 18.4 Å². The van der Waals surface area contributed by atoms with Crippen molar-refractivity contribution in [2.45, 2.75) is 46.6 Å². The zero-order valence-corrected chi connectivity index (χ0v) is 13.0. The van der Waals surface area contributed by atoms with Gasteiger partial charge in [0, 0.05) is 25.3 Å². The Labute approximate surface area is 125 Å². The average molecular weight is 292 g/mol. The van der Waals surface area contributed by atoms with Crippen LogP contribution in [-0.4, -0.2) is 33.9 Å². The highest BCUT2D eigenvalue weighted by Gasteiger charge is 2.13. The van der Waals surface area contributed by atoms with Gasteiger partial charge in [0.1, 0.15) is 0 Å². The lowest BCUT2D eigenvalue weighted by molar-refractivity contribution is -0.121. The van der Waals surface area contributed by atoms with E-state index >= 15 is 0 Å². The van der Waals surface area contributed by atoms with E-state index in [1.54, 1.807) is 0 Å². The topological polar surface area (TPSA) is 90.9 Å². The van der Waals surface area contributed by atoms with Crippen LogP contribution in [0.4, 0.5) is 0 Å². The molecule has 6 nitrogen and oxygen atoms in total. The van der Waals surface area contributed by atoms with E-state index in [0.717, 1.165) is 17.0 Å². The van der Waals surface area contributed by atoms with Gasteiger partial charge < -0.3 is 10.4 Å². The fourth-order valence-corrected chi connectivity index (χ4v) is 2.15. The summed E-state index contributed by atoms with van der Waals surface area (Å²) in [5.74, 6) is 0.0602. The van der Waals surface area contributed by atoms with Gasteiger partial charge in [0.05, 0.1) is 24.7 Å². The second-order valence-corrected chi connectivity index (χ2v) is 5.37. The number of hydrogen-bond acceptors (Lipinski definition) is 4. The number of carbonyl (C=O) groups excluding carboxylic acids is 1. The summed E-state index contributed by atoms with van der Waals surface area (Å²) < 4.78 is 1.83. The van der Waals surface area contributed by atoms with Gasteiger partial charge in [-0.1, -0.05) is 6.92 Å². The fraction of sp³-hybridized carbons (Fsp3) is 0.667. The van der Waals surface area contributed by atoms with Crippen molar-refractivity contribution in [3.05, 3.63) is 17.0 Å². The van der Waals surface area contributed by atoms with Crippen LogP contribution in [0, 0.1) is 31.1 Å². The molecule has 1 aromatic heterocycles. The Morgan fingerprint density at radius 1 is 1.52 bits per heavy atom.